The molecule has 1 aromatic carbocycles. The van der Waals surface area contributed by atoms with Gasteiger partial charge in [-0.1, -0.05) is 0 Å². The second kappa shape index (κ2) is 5.92. The lowest BCUT2D eigenvalue weighted by molar-refractivity contribution is -0.138. The average Bonchev–Trinajstić information content (AvgIpc) is 2.41. The van der Waals surface area contributed by atoms with Crippen LogP contribution >= 0.6 is 0 Å². The van der Waals surface area contributed by atoms with Crippen molar-refractivity contribution in [2.75, 3.05) is 38.5 Å². The van der Waals surface area contributed by atoms with Crippen molar-refractivity contribution in [3.05, 3.63) is 29.3 Å². The summed E-state index contributed by atoms with van der Waals surface area (Å²) < 4.78 is 0. The molecule has 0 unspecified atom stereocenters. The molecule has 0 saturated carbocycles. The number of nitrogens with zero attached hydrogens (tertiary/aromatic N) is 2. The smallest absolute Gasteiger partial charge is 0.317 e. The zero-order valence-corrected chi connectivity index (χ0v) is 11.5. The Kier molecular flexibility index (Phi) is 4.24. The lowest BCUT2D eigenvalue weighted by Crippen LogP contribution is -2.49. The highest BCUT2D eigenvalue weighted by molar-refractivity contribution is 5.95. The van der Waals surface area contributed by atoms with Crippen LogP contribution in [0.2, 0.25) is 0 Å². The number of nitrogens with two attached hydrogens (primary N) is 1. The zero-order valence-electron chi connectivity index (χ0n) is 11.5. The predicted molar refractivity (Wildman–Crippen MR) is 75.6 cm³/mol. The molecule has 0 spiro atoms. The number of anilines is 1. The fraction of sp³-hybridized carbons (Fsp3) is 0.429. The van der Waals surface area contributed by atoms with E-state index in [1.807, 2.05) is 11.8 Å². The Morgan fingerprint density at radius 1 is 1.25 bits per heavy atom. The van der Waals surface area contributed by atoms with E-state index in [1.165, 1.54) is 0 Å². The Labute approximate surface area is 117 Å². The highest BCUT2D eigenvalue weighted by Crippen LogP contribution is 2.15. The number of hydrogen-bond acceptors (Lipinski definition) is 4. The summed E-state index contributed by atoms with van der Waals surface area (Å²) in [5.74, 6) is -0.859. The van der Waals surface area contributed by atoms with E-state index in [1.54, 1.807) is 23.1 Å². The molecule has 0 aliphatic carbocycles. The van der Waals surface area contributed by atoms with E-state index in [-0.39, 0.29) is 12.5 Å². The summed E-state index contributed by atoms with van der Waals surface area (Å²) in [7, 11) is 0. The number of aryl methyl sites for hydroxylation is 1. The lowest BCUT2D eigenvalue weighted by Gasteiger charge is -2.33. The van der Waals surface area contributed by atoms with Crippen LogP contribution in [0.3, 0.4) is 0 Å². The molecule has 6 heteroatoms. The Morgan fingerprint density at radius 2 is 1.90 bits per heavy atom. The topological polar surface area (TPSA) is 86.9 Å². The van der Waals surface area contributed by atoms with Crippen molar-refractivity contribution in [1.29, 1.82) is 0 Å². The monoisotopic (exact) mass is 277 g/mol. The fourth-order valence-corrected chi connectivity index (χ4v) is 2.29. The van der Waals surface area contributed by atoms with Crippen LogP contribution in [0.1, 0.15) is 15.9 Å². The SMILES string of the molecule is Cc1cc(C(=O)N2CCN(CC(=O)O)CC2)ccc1N. The predicted octanol–water partition coefficient (Wildman–Crippen LogP) is 0.420. The summed E-state index contributed by atoms with van der Waals surface area (Å²) in [6.07, 6.45) is 0. The first kappa shape index (κ1) is 14.3. The van der Waals surface area contributed by atoms with Crippen LogP contribution in [0.15, 0.2) is 18.2 Å². The molecule has 1 saturated heterocycles. The van der Waals surface area contributed by atoms with Crippen molar-refractivity contribution in [2.24, 2.45) is 0 Å². The van der Waals surface area contributed by atoms with Gasteiger partial charge in [-0.25, -0.2) is 0 Å². The molecule has 1 amide bonds. The number of rotatable bonds is 3. The van der Waals surface area contributed by atoms with Crippen LogP contribution in [0, 0.1) is 6.92 Å². The van der Waals surface area contributed by atoms with Gasteiger partial charge < -0.3 is 15.7 Å². The summed E-state index contributed by atoms with van der Waals surface area (Å²) >= 11 is 0. The van der Waals surface area contributed by atoms with Gasteiger partial charge in [0, 0.05) is 37.4 Å². The standard InChI is InChI=1S/C14H19N3O3/c1-10-8-11(2-3-12(10)15)14(20)17-6-4-16(5-7-17)9-13(18)19/h2-3,8H,4-7,9,15H2,1H3,(H,18,19). The van der Waals surface area contributed by atoms with Crippen molar-refractivity contribution < 1.29 is 14.7 Å². The van der Waals surface area contributed by atoms with Gasteiger partial charge in [-0.15, -0.1) is 0 Å². The normalized spacial score (nSPS) is 16.1. The Hall–Kier alpha value is -2.08. The fourth-order valence-electron chi connectivity index (χ4n) is 2.29. The van der Waals surface area contributed by atoms with E-state index >= 15 is 0 Å². The van der Waals surface area contributed by atoms with Crippen LogP contribution in [0.5, 0.6) is 0 Å². The number of amides is 1. The van der Waals surface area contributed by atoms with Crippen molar-refractivity contribution >= 4 is 17.6 Å². The highest BCUT2D eigenvalue weighted by Gasteiger charge is 2.23. The zero-order chi connectivity index (χ0) is 14.7. The number of carboxylic acids is 1. The van der Waals surface area contributed by atoms with Gasteiger partial charge in [0.1, 0.15) is 0 Å². The first-order valence-corrected chi connectivity index (χ1v) is 6.57. The molecule has 0 radical (unpaired) electrons. The maximum absolute atomic E-state index is 12.3. The minimum absolute atomic E-state index is 0.0249. The maximum atomic E-state index is 12.3. The van der Waals surface area contributed by atoms with Gasteiger partial charge in [-0.05, 0) is 30.7 Å². The molecule has 0 atom stereocenters. The highest BCUT2D eigenvalue weighted by atomic mass is 16.4. The summed E-state index contributed by atoms with van der Waals surface area (Å²) in [6, 6.07) is 5.26. The summed E-state index contributed by atoms with van der Waals surface area (Å²) in [6.45, 7) is 4.18. The third kappa shape index (κ3) is 3.27. The lowest BCUT2D eigenvalue weighted by atomic mass is 10.1. The number of aliphatic carboxylic acids is 1. The summed E-state index contributed by atoms with van der Waals surface area (Å²) in [4.78, 5) is 26.6. The number of benzene rings is 1. The van der Waals surface area contributed by atoms with Gasteiger partial charge in [0.15, 0.2) is 0 Å². The first-order chi connectivity index (χ1) is 9.47. The molecule has 1 aliphatic heterocycles. The van der Waals surface area contributed by atoms with E-state index in [2.05, 4.69) is 0 Å². The van der Waals surface area contributed by atoms with E-state index in [0.29, 0.717) is 37.4 Å². The molecule has 1 aliphatic rings. The molecule has 6 nitrogen and oxygen atoms in total. The van der Waals surface area contributed by atoms with E-state index in [4.69, 9.17) is 10.8 Å². The van der Waals surface area contributed by atoms with Gasteiger partial charge in [-0.2, -0.15) is 0 Å². The summed E-state index contributed by atoms with van der Waals surface area (Å²) in [5, 5.41) is 8.74. The number of piperazine rings is 1. The van der Waals surface area contributed by atoms with E-state index < -0.39 is 5.97 Å². The van der Waals surface area contributed by atoms with Gasteiger partial charge in [-0.3, -0.25) is 14.5 Å². The third-order valence-electron chi connectivity index (χ3n) is 3.54. The third-order valence-corrected chi connectivity index (χ3v) is 3.54. The molecule has 1 heterocycles. The van der Waals surface area contributed by atoms with Crippen LogP contribution < -0.4 is 5.73 Å². The van der Waals surface area contributed by atoms with Crippen LogP contribution in [0.4, 0.5) is 5.69 Å². The second-order valence-corrected chi connectivity index (χ2v) is 5.03. The molecule has 0 aromatic heterocycles. The van der Waals surface area contributed by atoms with Gasteiger partial charge in [0.05, 0.1) is 6.54 Å². The number of hydrogen-bond donors (Lipinski definition) is 2. The molecular formula is C14H19N3O3. The van der Waals surface area contributed by atoms with Crippen LogP contribution in [-0.4, -0.2) is 59.5 Å². The molecule has 20 heavy (non-hydrogen) atoms. The van der Waals surface area contributed by atoms with E-state index in [0.717, 1.165) is 5.56 Å². The quantitative estimate of drug-likeness (QED) is 0.782. The van der Waals surface area contributed by atoms with Crippen LogP contribution in [0.25, 0.3) is 0 Å². The number of carbonyl (C=O) groups is 2. The Bertz CT molecular complexity index is 522. The van der Waals surface area contributed by atoms with Crippen molar-refractivity contribution in [3.8, 4) is 0 Å². The number of carbonyl (C=O) groups excluding carboxylic acids is 1. The van der Waals surface area contributed by atoms with Gasteiger partial charge in [0.2, 0.25) is 0 Å². The summed E-state index contributed by atoms with van der Waals surface area (Å²) in [5.41, 5.74) is 7.94. The minimum atomic E-state index is -0.834. The van der Waals surface area contributed by atoms with Gasteiger partial charge >= 0.3 is 5.97 Å². The Morgan fingerprint density at radius 3 is 2.45 bits per heavy atom. The molecule has 3 N–H and O–H groups in total. The van der Waals surface area contributed by atoms with Crippen molar-refractivity contribution in [2.45, 2.75) is 6.92 Å². The molecular weight excluding hydrogens is 258 g/mol. The molecule has 1 fully saturated rings. The van der Waals surface area contributed by atoms with Crippen molar-refractivity contribution in [3.63, 3.8) is 0 Å². The van der Waals surface area contributed by atoms with Crippen molar-refractivity contribution in [1.82, 2.24) is 9.80 Å². The minimum Gasteiger partial charge on any atom is -0.480 e. The Balaban J connectivity index is 1.97. The van der Waals surface area contributed by atoms with Crippen LogP contribution in [-0.2, 0) is 4.79 Å². The number of nitrogen functional groups attached to an aromatic ring is 1. The molecule has 108 valence electrons. The molecule has 0 bridgehead atoms. The maximum Gasteiger partial charge on any atom is 0.317 e. The largest absolute Gasteiger partial charge is 0.480 e. The first-order valence-electron chi connectivity index (χ1n) is 6.57. The number of carboxylic acid groups (broad SMARTS) is 1. The van der Waals surface area contributed by atoms with E-state index in [9.17, 15) is 9.59 Å². The molecule has 2 rings (SSSR count). The second-order valence-electron chi connectivity index (χ2n) is 5.03. The van der Waals surface area contributed by atoms with Gasteiger partial charge in [0.25, 0.3) is 5.91 Å². The molecule has 1 aromatic rings. The average molecular weight is 277 g/mol.